The Balaban J connectivity index is 1.41. The van der Waals surface area contributed by atoms with Crippen molar-refractivity contribution in [2.45, 2.75) is 50.6 Å². The van der Waals surface area contributed by atoms with Crippen LogP contribution in [0.2, 0.25) is 0 Å². The monoisotopic (exact) mass is 359 g/mol. The fourth-order valence-corrected chi connectivity index (χ4v) is 3.94. The number of amides is 1. The molecule has 2 aliphatic heterocycles. The van der Waals surface area contributed by atoms with Gasteiger partial charge in [-0.1, -0.05) is 6.42 Å². The highest BCUT2D eigenvalue weighted by Gasteiger charge is 2.19. The fraction of sp³-hybridized carbons (Fsp3) is 0.700. The maximum atomic E-state index is 12.3. The van der Waals surface area contributed by atoms with E-state index >= 15 is 0 Å². The molecule has 0 aromatic carbocycles. The summed E-state index contributed by atoms with van der Waals surface area (Å²) < 4.78 is 0. The number of piperidine rings is 2. The lowest BCUT2D eigenvalue weighted by atomic mass is 10.0. The molecule has 0 bridgehead atoms. The van der Waals surface area contributed by atoms with E-state index in [1.165, 1.54) is 25.8 Å². The normalized spacial score (nSPS) is 22.9. The van der Waals surface area contributed by atoms with Gasteiger partial charge in [-0.05, 0) is 78.0 Å². The zero-order valence-corrected chi connectivity index (χ0v) is 16.2. The van der Waals surface area contributed by atoms with Crippen LogP contribution >= 0.6 is 0 Å². The fourth-order valence-electron chi connectivity index (χ4n) is 3.94. The summed E-state index contributed by atoms with van der Waals surface area (Å²) in [4.78, 5) is 21.5. The molecule has 1 atom stereocenters. The van der Waals surface area contributed by atoms with Gasteiger partial charge in [0.15, 0.2) is 0 Å². The van der Waals surface area contributed by atoms with Crippen molar-refractivity contribution in [1.29, 1.82) is 0 Å². The van der Waals surface area contributed by atoms with Crippen LogP contribution in [0.4, 0.5) is 5.82 Å². The van der Waals surface area contributed by atoms with Gasteiger partial charge in [-0.3, -0.25) is 4.79 Å². The molecule has 2 aliphatic rings. The lowest BCUT2D eigenvalue weighted by molar-refractivity contribution is 0.0945. The van der Waals surface area contributed by atoms with Crippen molar-refractivity contribution >= 4 is 11.7 Å². The molecule has 144 valence electrons. The quantitative estimate of drug-likeness (QED) is 0.815. The van der Waals surface area contributed by atoms with Gasteiger partial charge in [0.05, 0.1) is 5.56 Å². The van der Waals surface area contributed by atoms with Gasteiger partial charge >= 0.3 is 0 Å². The molecule has 26 heavy (non-hydrogen) atoms. The summed E-state index contributed by atoms with van der Waals surface area (Å²) >= 11 is 0. The summed E-state index contributed by atoms with van der Waals surface area (Å²) in [5, 5.41) is 6.52. The summed E-state index contributed by atoms with van der Waals surface area (Å²) in [6, 6.07) is 4.86. The largest absolute Gasteiger partial charge is 0.367 e. The second-order valence-electron chi connectivity index (χ2n) is 7.83. The number of rotatable bonds is 6. The predicted octanol–water partition coefficient (Wildman–Crippen LogP) is 2.19. The number of nitrogens with zero attached hydrogens (tertiary/aromatic N) is 3. The predicted molar refractivity (Wildman–Crippen MR) is 106 cm³/mol. The number of hydrogen-bond acceptors (Lipinski definition) is 5. The van der Waals surface area contributed by atoms with Crippen molar-refractivity contribution in [1.82, 2.24) is 20.1 Å². The van der Waals surface area contributed by atoms with E-state index in [1.54, 1.807) is 6.20 Å². The first-order valence-electron chi connectivity index (χ1n) is 10.0. The average Bonchev–Trinajstić information content (AvgIpc) is 2.66. The number of anilines is 1. The minimum atomic E-state index is -0.0261. The van der Waals surface area contributed by atoms with Gasteiger partial charge in [-0.2, -0.15) is 0 Å². The second kappa shape index (κ2) is 9.33. The lowest BCUT2D eigenvalue weighted by Crippen LogP contribution is -2.39. The Hall–Kier alpha value is -1.66. The van der Waals surface area contributed by atoms with Gasteiger partial charge in [0.1, 0.15) is 5.82 Å². The Morgan fingerprint density at radius 3 is 2.65 bits per heavy atom. The van der Waals surface area contributed by atoms with Gasteiger partial charge in [0.25, 0.3) is 5.91 Å². The van der Waals surface area contributed by atoms with Crippen LogP contribution in [0.25, 0.3) is 0 Å². The molecule has 2 N–H and O–H groups in total. The van der Waals surface area contributed by atoms with Gasteiger partial charge < -0.3 is 20.4 Å². The van der Waals surface area contributed by atoms with Crippen LogP contribution in [0.3, 0.4) is 0 Å². The van der Waals surface area contributed by atoms with Crippen LogP contribution in [0.5, 0.6) is 0 Å². The topological polar surface area (TPSA) is 60.5 Å². The molecule has 0 spiro atoms. The lowest BCUT2D eigenvalue weighted by Gasteiger charge is -2.32. The SMILES string of the molecule is CN1CCC(Nc2ccc(C(=O)NCC[C@H]3CCCCN3C)cn2)CC1. The first-order valence-corrected chi connectivity index (χ1v) is 10.0. The molecular formula is C20H33N5O. The van der Waals surface area contributed by atoms with Crippen LogP contribution in [-0.4, -0.2) is 73.0 Å². The smallest absolute Gasteiger partial charge is 0.252 e. The summed E-state index contributed by atoms with van der Waals surface area (Å²) in [6.07, 6.45) is 8.81. The molecule has 0 saturated carbocycles. The van der Waals surface area contributed by atoms with Gasteiger partial charge in [0, 0.05) is 24.8 Å². The van der Waals surface area contributed by atoms with E-state index in [1.807, 2.05) is 12.1 Å². The van der Waals surface area contributed by atoms with Crippen molar-refractivity contribution in [2.75, 3.05) is 45.6 Å². The minimum Gasteiger partial charge on any atom is -0.367 e. The molecule has 0 unspecified atom stereocenters. The zero-order valence-electron chi connectivity index (χ0n) is 16.2. The molecule has 3 rings (SSSR count). The van der Waals surface area contributed by atoms with Crippen molar-refractivity contribution in [3.8, 4) is 0 Å². The number of likely N-dealkylation sites (tertiary alicyclic amines) is 2. The Kier molecular flexibility index (Phi) is 6.86. The first-order chi connectivity index (χ1) is 12.6. The van der Waals surface area contributed by atoms with Gasteiger partial charge in [-0.25, -0.2) is 4.98 Å². The molecule has 1 aromatic rings. The van der Waals surface area contributed by atoms with Crippen LogP contribution in [0.15, 0.2) is 18.3 Å². The summed E-state index contributed by atoms with van der Waals surface area (Å²) in [6.45, 7) is 4.14. The van der Waals surface area contributed by atoms with E-state index in [0.717, 1.165) is 44.7 Å². The number of carbonyl (C=O) groups is 1. The minimum absolute atomic E-state index is 0.0261. The standard InChI is InChI=1S/C20H33N5O/c1-24-13-9-17(10-14-24)23-19-7-6-16(15-22-19)20(26)21-11-8-18-5-3-4-12-25(18)2/h6-7,15,17-18H,3-5,8-14H2,1-2H3,(H,21,26)(H,22,23)/t18-/m1/s1. The van der Waals surface area contributed by atoms with Crippen molar-refractivity contribution < 1.29 is 4.79 Å². The molecule has 0 radical (unpaired) electrons. The number of pyridine rings is 1. The summed E-state index contributed by atoms with van der Waals surface area (Å²) in [7, 11) is 4.35. The molecule has 6 nitrogen and oxygen atoms in total. The maximum absolute atomic E-state index is 12.3. The summed E-state index contributed by atoms with van der Waals surface area (Å²) in [5.74, 6) is 0.835. The van der Waals surface area contributed by atoms with Crippen molar-refractivity contribution in [3.63, 3.8) is 0 Å². The molecular weight excluding hydrogens is 326 g/mol. The molecule has 0 aliphatic carbocycles. The molecule has 1 amide bonds. The molecule has 1 aromatic heterocycles. The second-order valence-corrected chi connectivity index (χ2v) is 7.83. The molecule has 2 fully saturated rings. The van der Waals surface area contributed by atoms with Crippen molar-refractivity contribution in [2.24, 2.45) is 0 Å². The first kappa shape index (κ1) is 19.1. The number of hydrogen-bond donors (Lipinski definition) is 2. The highest BCUT2D eigenvalue weighted by molar-refractivity contribution is 5.94. The average molecular weight is 360 g/mol. The third-order valence-corrected chi connectivity index (χ3v) is 5.78. The molecule has 2 saturated heterocycles. The number of carbonyl (C=O) groups excluding carboxylic acids is 1. The van der Waals surface area contributed by atoms with Gasteiger partial charge in [0.2, 0.25) is 0 Å². The zero-order chi connectivity index (χ0) is 18.4. The maximum Gasteiger partial charge on any atom is 0.252 e. The number of nitrogens with one attached hydrogen (secondary N) is 2. The van der Waals surface area contributed by atoms with E-state index < -0.39 is 0 Å². The van der Waals surface area contributed by atoms with Crippen LogP contribution in [0.1, 0.15) is 48.9 Å². The Labute approximate surface area is 157 Å². The van der Waals surface area contributed by atoms with E-state index in [9.17, 15) is 4.79 Å². The van der Waals surface area contributed by atoms with Crippen LogP contribution in [0, 0.1) is 0 Å². The van der Waals surface area contributed by atoms with Crippen molar-refractivity contribution in [3.05, 3.63) is 23.9 Å². The Morgan fingerprint density at radius 2 is 1.96 bits per heavy atom. The number of aromatic nitrogens is 1. The van der Waals surface area contributed by atoms with Gasteiger partial charge in [-0.15, -0.1) is 0 Å². The third kappa shape index (κ3) is 5.42. The molecule has 6 heteroatoms. The van der Waals surface area contributed by atoms with Crippen LogP contribution < -0.4 is 10.6 Å². The van der Waals surface area contributed by atoms with Crippen LogP contribution in [-0.2, 0) is 0 Å². The Morgan fingerprint density at radius 1 is 1.15 bits per heavy atom. The Bertz CT molecular complexity index is 568. The summed E-state index contributed by atoms with van der Waals surface area (Å²) in [5.41, 5.74) is 0.635. The van der Waals surface area contributed by atoms with E-state index in [-0.39, 0.29) is 5.91 Å². The highest BCUT2D eigenvalue weighted by atomic mass is 16.1. The molecule has 3 heterocycles. The van der Waals surface area contributed by atoms with E-state index in [0.29, 0.717) is 17.6 Å². The highest BCUT2D eigenvalue weighted by Crippen LogP contribution is 2.17. The third-order valence-electron chi connectivity index (χ3n) is 5.78. The van der Waals surface area contributed by atoms with E-state index in [2.05, 4.69) is 39.5 Å². The van der Waals surface area contributed by atoms with E-state index in [4.69, 9.17) is 0 Å².